The smallest absolute Gasteiger partial charge is 0.262 e. The minimum absolute atomic E-state index is 0.165. The van der Waals surface area contributed by atoms with Crippen LogP contribution in [-0.2, 0) is 9.53 Å². The summed E-state index contributed by atoms with van der Waals surface area (Å²) in [5.74, 6) is 1.28. The summed E-state index contributed by atoms with van der Waals surface area (Å²) in [4.78, 5) is 33.9. The Kier molecular flexibility index (Phi) is 7.34. The van der Waals surface area contributed by atoms with Crippen LogP contribution in [0.1, 0.15) is 32.7 Å². The van der Waals surface area contributed by atoms with Gasteiger partial charge in [-0.25, -0.2) is 4.98 Å². The molecule has 2 aromatic carbocycles. The number of ether oxygens (including phenoxy) is 2. The first-order valence-corrected chi connectivity index (χ1v) is 12.8. The molecule has 1 saturated carbocycles. The van der Waals surface area contributed by atoms with Crippen LogP contribution in [0.4, 0.5) is 0 Å². The highest BCUT2D eigenvalue weighted by molar-refractivity contribution is 5.84. The Morgan fingerprint density at radius 2 is 1.89 bits per heavy atom. The highest BCUT2D eigenvalue weighted by Crippen LogP contribution is 2.26. The minimum Gasteiger partial charge on any atom is -0.493 e. The topological polar surface area (TPSA) is 85.7 Å². The maximum absolute atomic E-state index is 13.8. The lowest BCUT2D eigenvalue weighted by atomic mass is 10.1. The van der Waals surface area contributed by atoms with Crippen molar-refractivity contribution in [3.63, 3.8) is 0 Å². The second-order valence-electron chi connectivity index (χ2n) is 9.94. The molecule has 1 amide bonds. The fourth-order valence-electron chi connectivity index (χ4n) is 4.60. The summed E-state index contributed by atoms with van der Waals surface area (Å²) in [6.45, 7) is 8.86. The first-order chi connectivity index (χ1) is 17.5. The van der Waals surface area contributed by atoms with Gasteiger partial charge in [0.2, 0.25) is 5.91 Å². The molecule has 8 nitrogen and oxygen atoms in total. The van der Waals surface area contributed by atoms with E-state index in [1.807, 2.05) is 42.5 Å². The number of hydrogen-bond acceptors (Lipinski definition) is 6. The number of carbonyl (C=O) groups excluding carboxylic acids is 1. The van der Waals surface area contributed by atoms with Crippen molar-refractivity contribution in [2.24, 2.45) is 5.92 Å². The molecular weight excluding hydrogens is 456 g/mol. The molecule has 8 heteroatoms. The molecule has 0 bridgehead atoms. The number of nitrogens with one attached hydrogen (secondary N) is 1. The van der Waals surface area contributed by atoms with Crippen molar-refractivity contribution in [1.82, 2.24) is 19.8 Å². The second kappa shape index (κ2) is 10.8. The van der Waals surface area contributed by atoms with E-state index in [2.05, 4.69) is 17.1 Å². The number of amides is 1. The van der Waals surface area contributed by atoms with Crippen LogP contribution in [0.15, 0.2) is 53.3 Å². The van der Waals surface area contributed by atoms with Crippen LogP contribution >= 0.6 is 0 Å². The third kappa shape index (κ3) is 5.60. The predicted octanol–water partition coefficient (Wildman–Crippen LogP) is 3.25. The maximum atomic E-state index is 13.8. The predicted molar refractivity (Wildman–Crippen MR) is 139 cm³/mol. The van der Waals surface area contributed by atoms with Crippen molar-refractivity contribution in [3.8, 4) is 17.1 Å². The van der Waals surface area contributed by atoms with Crippen LogP contribution in [-0.4, -0.2) is 65.9 Å². The van der Waals surface area contributed by atoms with Crippen LogP contribution in [0.25, 0.3) is 22.3 Å². The van der Waals surface area contributed by atoms with Gasteiger partial charge in [-0.05, 0) is 38.0 Å². The number of hydrogen-bond donors (Lipinski definition) is 1. The zero-order valence-electron chi connectivity index (χ0n) is 21.0. The van der Waals surface area contributed by atoms with Gasteiger partial charge in [-0.15, -0.1) is 0 Å². The first-order valence-electron chi connectivity index (χ1n) is 12.8. The third-order valence-electron chi connectivity index (χ3n) is 6.80. The molecule has 3 aromatic rings. The van der Waals surface area contributed by atoms with E-state index < -0.39 is 6.04 Å². The molecule has 1 aromatic heterocycles. The van der Waals surface area contributed by atoms with Crippen molar-refractivity contribution < 1.29 is 14.3 Å². The standard InChI is InChI=1S/C28H34N4O4/c1-19(17-31-12-14-35-15-13-31)18-36-23-10-11-25-24(16-23)28(34)32(20(2)27(33)29-22-8-9-22)26(30-25)21-6-4-3-5-7-21/h3-7,10-11,16,19-20,22H,8-9,12-15,17-18H2,1-2H3,(H,29,33). The fraction of sp³-hybridized carbons (Fsp3) is 0.464. The van der Waals surface area contributed by atoms with E-state index in [4.69, 9.17) is 14.5 Å². The number of carbonyl (C=O) groups is 1. The van der Waals surface area contributed by atoms with Gasteiger partial charge < -0.3 is 14.8 Å². The Bertz CT molecular complexity index is 1270. The molecular formula is C28H34N4O4. The lowest BCUT2D eigenvalue weighted by Gasteiger charge is -2.29. The Hall–Kier alpha value is -3.23. The van der Waals surface area contributed by atoms with Crippen molar-refractivity contribution in [3.05, 3.63) is 58.9 Å². The lowest BCUT2D eigenvalue weighted by Crippen LogP contribution is -2.39. The van der Waals surface area contributed by atoms with Crippen LogP contribution in [0.3, 0.4) is 0 Å². The van der Waals surface area contributed by atoms with E-state index in [1.54, 1.807) is 13.0 Å². The molecule has 0 spiro atoms. The summed E-state index contributed by atoms with van der Waals surface area (Å²) >= 11 is 0. The van der Waals surface area contributed by atoms with Crippen molar-refractivity contribution in [1.29, 1.82) is 0 Å². The number of aromatic nitrogens is 2. The van der Waals surface area contributed by atoms with Gasteiger partial charge in [-0.2, -0.15) is 0 Å². The molecule has 2 heterocycles. The van der Waals surface area contributed by atoms with Gasteiger partial charge in [-0.1, -0.05) is 37.3 Å². The zero-order chi connectivity index (χ0) is 25.1. The van der Waals surface area contributed by atoms with Gasteiger partial charge in [0.25, 0.3) is 5.56 Å². The largest absolute Gasteiger partial charge is 0.493 e. The Balaban J connectivity index is 1.42. The quantitative estimate of drug-likeness (QED) is 0.496. The summed E-state index contributed by atoms with van der Waals surface area (Å²) in [5.41, 5.74) is 1.13. The fourth-order valence-corrected chi connectivity index (χ4v) is 4.60. The first kappa shape index (κ1) is 24.5. The minimum atomic E-state index is -0.691. The SMILES string of the molecule is CC(COc1ccc2nc(-c3ccccc3)n(C(C)C(=O)NC3CC3)c(=O)c2c1)CN1CCOCC1. The molecule has 190 valence electrons. The van der Waals surface area contributed by atoms with Gasteiger partial charge >= 0.3 is 0 Å². The molecule has 0 radical (unpaired) electrons. The molecule has 2 atom stereocenters. The Morgan fingerprint density at radius 3 is 2.61 bits per heavy atom. The van der Waals surface area contributed by atoms with Crippen LogP contribution in [0.2, 0.25) is 0 Å². The van der Waals surface area contributed by atoms with E-state index in [1.165, 1.54) is 4.57 Å². The van der Waals surface area contributed by atoms with Crippen molar-refractivity contribution in [2.45, 2.75) is 38.8 Å². The number of morpholine rings is 1. The molecule has 5 rings (SSSR count). The van der Waals surface area contributed by atoms with Crippen LogP contribution < -0.4 is 15.6 Å². The number of rotatable bonds is 9. The van der Waals surface area contributed by atoms with Crippen LogP contribution in [0, 0.1) is 5.92 Å². The molecule has 1 aliphatic heterocycles. The Labute approximate surface area is 211 Å². The highest BCUT2D eigenvalue weighted by atomic mass is 16.5. The summed E-state index contributed by atoms with van der Waals surface area (Å²) in [7, 11) is 0. The average Bonchev–Trinajstić information content (AvgIpc) is 3.72. The molecule has 1 N–H and O–H groups in total. The molecule has 2 aliphatic rings. The van der Waals surface area contributed by atoms with Gasteiger partial charge in [0.15, 0.2) is 0 Å². The molecule has 2 unspecified atom stereocenters. The van der Waals surface area contributed by atoms with Gasteiger partial charge in [0.05, 0.1) is 30.7 Å². The monoisotopic (exact) mass is 490 g/mol. The molecule has 1 aliphatic carbocycles. The number of fused-ring (bicyclic) bond motifs is 1. The molecule has 2 fully saturated rings. The van der Waals surface area contributed by atoms with Gasteiger partial charge in [-0.3, -0.25) is 19.1 Å². The summed E-state index contributed by atoms with van der Waals surface area (Å²) in [6, 6.07) is 14.5. The lowest BCUT2D eigenvalue weighted by molar-refractivity contribution is -0.124. The van der Waals surface area contributed by atoms with E-state index in [-0.39, 0.29) is 17.5 Å². The third-order valence-corrected chi connectivity index (χ3v) is 6.80. The van der Waals surface area contributed by atoms with E-state index in [0.717, 1.165) is 51.3 Å². The molecule has 36 heavy (non-hydrogen) atoms. The van der Waals surface area contributed by atoms with Gasteiger partial charge in [0, 0.05) is 37.2 Å². The zero-order valence-corrected chi connectivity index (χ0v) is 21.0. The van der Waals surface area contributed by atoms with E-state index in [0.29, 0.717) is 35.0 Å². The summed E-state index contributed by atoms with van der Waals surface area (Å²) < 4.78 is 13.0. The summed E-state index contributed by atoms with van der Waals surface area (Å²) in [5, 5.41) is 3.46. The van der Waals surface area contributed by atoms with E-state index in [9.17, 15) is 9.59 Å². The molecule has 1 saturated heterocycles. The average molecular weight is 491 g/mol. The van der Waals surface area contributed by atoms with Crippen molar-refractivity contribution in [2.75, 3.05) is 39.5 Å². The summed E-state index contributed by atoms with van der Waals surface area (Å²) in [6.07, 6.45) is 1.97. The number of benzene rings is 2. The number of nitrogens with zero attached hydrogens (tertiary/aromatic N) is 3. The maximum Gasteiger partial charge on any atom is 0.262 e. The second-order valence-corrected chi connectivity index (χ2v) is 9.94. The van der Waals surface area contributed by atoms with E-state index >= 15 is 0 Å². The van der Waals surface area contributed by atoms with Crippen molar-refractivity contribution >= 4 is 16.8 Å². The van der Waals surface area contributed by atoms with Gasteiger partial charge in [0.1, 0.15) is 17.6 Å². The Morgan fingerprint density at radius 1 is 1.14 bits per heavy atom. The normalized spacial score (nSPS) is 18.1. The highest BCUT2D eigenvalue weighted by Gasteiger charge is 2.28. The van der Waals surface area contributed by atoms with Crippen LogP contribution in [0.5, 0.6) is 5.75 Å².